The summed E-state index contributed by atoms with van der Waals surface area (Å²) < 4.78 is 40.5. The average molecular weight is 685 g/mol. The molecule has 0 radical (unpaired) electrons. The number of sulfonamides is 1. The first kappa shape index (κ1) is 35.6. The zero-order chi connectivity index (χ0) is 34.1. The van der Waals surface area contributed by atoms with Crippen molar-refractivity contribution in [3.05, 3.63) is 101 Å². The van der Waals surface area contributed by atoms with Crippen LogP contribution in [0.15, 0.2) is 83.8 Å². The summed E-state index contributed by atoms with van der Waals surface area (Å²) in [6, 6.07) is 19.6. The molecule has 1 fully saturated rings. The molecule has 3 aromatic rings. The van der Waals surface area contributed by atoms with E-state index in [4.69, 9.17) is 31.3 Å². The summed E-state index contributed by atoms with van der Waals surface area (Å²) in [5.41, 5.74) is 2.34. The number of methoxy groups -OCH3 is 1. The van der Waals surface area contributed by atoms with Crippen LogP contribution in [0.25, 0.3) is 0 Å². The van der Waals surface area contributed by atoms with Crippen LogP contribution in [0.1, 0.15) is 53.7 Å². The van der Waals surface area contributed by atoms with Crippen LogP contribution >= 0.6 is 11.6 Å². The lowest BCUT2D eigenvalue weighted by Crippen LogP contribution is -2.46. The van der Waals surface area contributed by atoms with Crippen LogP contribution in [-0.4, -0.2) is 85.0 Å². The standard InChI is InChI=1S/C30H33ClN2O5S.C4H4O4/c1-21(34)23-10-13-27(28(20-23)37-2)38-19-5-16-32-17-14-25(15-18-32)33-30(22-8-11-24(31)12-9-22)26-6-3-4-7-29(26)39(33,35)36;5-3(6)1-2-4(7)8/h3-4,6-13,20,25,30H,5,14-19H2,1-2H3;1-2H,(H,5,6)(H,7,8)/b;2-1-. The van der Waals surface area contributed by atoms with Crippen LogP contribution in [0.4, 0.5) is 0 Å². The number of Topliss-reactive ketones (excluding diaryl/α,β-unsaturated/α-hetero) is 1. The van der Waals surface area contributed by atoms with Gasteiger partial charge in [0.1, 0.15) is 0 Å². The minimum Gasteiger partial charge on any atom is -0.493 e. The smallest absolute Gasteiger partial charge is 0.328 e. The number of carbonyl (C=O) groups excluding carboxylic acids is 1. The monoisotopic (exact) mass is 684 g/mol. The molecule has 1 atom stereocenters. The Hall–Kier alpha value is -4.23. The van der Waals surface area contributed by atoms with Gasteiger partial charge in [-0.15, -0.1) is 0 Å². The van der Waals surface area contributed by atoms with Gasteiger partial charge in [0.15, 0.2) is 17.3 Å². The fourth-order valence-corrected chi connectivity index (χ4v) is 7.92. The Kier molecular flexibility index (Phi) is 12.2. The molecule has 13 heteroatoms. The zero-order valence-corrected chi connectivity index (χ0v) is 27.6. The van der Waals surface area contributed by atoms with Gasteiger partial charge in [-0.3, -0.25) is 4.79 Å². The van der Waals surface area contributed by atoms with E-state index >= 15 is 0 Å². The van der Waals surface area contributed by atoms with Crippen LogP contribution in [0.5, 0.6) is 11.5 Å². The third-order valence-corrected chi connectivity index (χ3v) is 10.2. The molecule has 0 amide bonds. The van der Waals surface area contributed by atoms with Crippen LogP contribution < -0.4 is 9.47 Å². The zero-order valence-electron chi connectivity index (χ0n) is 26.0. The van der Waals surface area contributed by atoms with E-state index in [1.165, 1.54) is 6.92 Å². The van der Waals surface area contributed by atoms with Crippen LogP contribution in [-0.2, 0) is 19.6 Å². The first-order valence-corrected chi connectivity index (χ1v) is 16.8. The number of ether oxygens (including phenoxy) is 2. The third-order valence-electron chi connectivity index (χ3n) is 7.94. The van der Waals surface area contributed by atoms with Crippen molar-refractivity contribution in [2.75, 3.05) is 33.4 Å². The van der Waals surface area contributed by atoms with Crippen molar-refractivity contribution in [2.45, 2.75) is 43.2 Å². The normalized spacial score (nSPS) is 17.8. The fourth-order valence-electron chi connectivity index (χ4n) is 5.73. The summed E-state index contributed by atoms with van der Waals surface area (Å²) >= 11 is 6.13. The van der Waals surface area contributed by atoms with Gasteiger partial charge in [0.2, 0.25) is 10.0 Å². The topological polar surface area (TPSA) is 151 Å². The molecule has 0 bridgehead atoms. The predicted molar refractivity (Wildman–Crippen MR) is 176 cm³/mol. The van der Waals surface area contributed by atoms with Crippen LogP contribution in [0, 0.1) is 0 Å². The average Bonchev–Trinajstić information content (AvgIpc) is 3.29. The summed E-state index contributed by atoms with van der Waals surface area (Å²) in [5, 5.41) is 16.3. The van der Waals surface area contributed by atoms with Crippen molar-refractivity contribution in [3.8, 4) is 11.5 Å². The number of hydrogen-bond acceptors (Lipinski definition) is 8. The van der Waals surface area contributed by atoms with Gasteiger partial charge in [-0.2, -0.15) is 4.31 Å². The Morgan fingerprint density at radius 3 is 2.17 bits per heavy atom. The maximum atomic E-state index is 13.7. The second kappa shape index (κ2) is 16.1. The minimum atomic E-state index is -3.61. The molecule has 47 heavy (non-hydrogen) atoms. The Bertz CT molecular complexity index is 1700. The number of carbonyl (C=O) groups is 3. The van der Waals surface area contributed by atoms with E-state index in [2.05, 4.69) is 4.90 Å². The van der Waals surface area contributed by atoms with Crippen LogP contribution in [0.2, 0.25) is 5.02 Å². The summed E-state index contributed by atoms with van der Waals surface area (Å²) in [6.45, 7) is 4.53. The molecule has 0 aliphatic carbocycles. The van der Waals surface area contributed by atoms with Gasteiger partial charge in [0, 0.05) is 35.3 Å². The molecule has 250 valence electrons. The van der Waals surface area contributed by atoms with Crippen molar-refractivity contribution in [1.82, 2.24) is 9.21 Å². The number of fused-ring (bicyclic) bond motifs is 1. The number of piperidine rings is 1. The molecule has 0 spiro atoms. The van der Waals surface area contributed by atoms with Crippen molar-refractivity contribution >= 4 is 39.3 Å². The molecular formula is C34H37ClN2O9S. The van der Waals surface area contributed by atoms with Crippen molar-refractivity contribution in [2.24, 2.45) is 0 Å². The lowest BCUT2D eigenvalue weighted by atomic mass is 9.95. The molecule has 0 saturated carbocycles. The number of benzene rings is 3. The quantitative estimate of drug-likeness (QED) is 0.155. The Morgan fingerprint density at radius 2 is 1.57 bits per heavy atom. The highest BCUT2D eigenvalue weighted by atomic mass is 35.5. The number of likely N-dealkylation sites (tertiary alicyclic amines) is 1. The fraction of sp³-hybridized carbons (Fsp3) is 0.324. The second-order valence-corrected chi connectivity index (χ2v) is 13.3. The van der Waals surface area contributed by atoms with E-state index in [0.717, 1.165) is 50.0 Å². The molecule has 0 aromatic heterocycles. The Balaban J connectivity index is 0.000000555. The number of carboxylic acid groups (broad SMARTS) is 2. The molecule has 11 nitrogen and oxygen atoms in total. The maximum absolute atomic E-state index is 13.7. The highest BCUT2D eigenvalue weighted by molar-refractivity contribution is 7.89. The van der Waals surface area contributed by atoms with Gasteiger partial charge in [-0.25, -0.2) is 18.0 Å². The van der Waals surface area contributed by atoms with E-state index in [-0.39, 0.29) is 17.9 Å². The minimum absolute atomic E-state index is 0.0200. The third kappa shape index (κ3) is 8.98. The number of ketones is 1. The van der Waals surface area contributed by atoms with Crippen molar-refractivity contribution in [3.63, 3.8) is 0 Å². The van der Waals surface area contributed by atoms with E-state index in [1.54, 1.807) is 41.7 Å². The van der Waals surface area contributed by atoms with E-state index < -0.39 is 22.0 Å². The molecule has 5 rings (SSSR count). The predicted octanol–water partition coefficient (Wildman–Crippen LogP) is 5.29. The molecule has 2 N–H and O–H groups in total. The largest absolute Gasteiger partial charge is 0.493 e. The number of halogens is 1. The molecule has 1 saturated heterocycles. The van der Waals surface area contributed by atoms with E-state index in [0.29, 0.717) is 45.7 Å². The summed E-state index contributed by atoms with van der Waals surface area (Å²) in [6.07, 6.45) is 3.46. The van der Waals surface area contributed by atoms with Gasteiger partial charge in [0.25, 0.3) is 0 Å². The Labute approximate surface area is 279 Å². The number of hydrogen-bond donors (Lipinski definition) is 2. The van der Waals surface area contributed by atoms with E-state index in [9.17, 15) is 22.8 Å². The Morgan fingerprint density at radius 1 is 0.936 bits per heavy atom. The van der Waals surface area contributed by atoms with Gasteiger partial charge in [0.05, 0.1) is 24.7 Å². The SMILES string of the molecule is COc1cc(C(C)=O)ccc1OCCCN1CCC(N2C(c3ccc(Cl)cc3)c3ccccc3S2(=O)=O)CC1.O=C(O)/C=C\C(=O)O. The van der Waals surface area contributed by atoms with Crippen LogP contribution in [0.3, 0.4) is 0 Å². The summed E-state index contributed by atoms with van der Waals surface area (Å²) in [4.78, 5) is 33.5. The highest BCUT2D eigenvalue weighted by Gasteiger charge is 2.47. The lowest BCUT2D eigenvalue weighted by Gasteiger charge is -2.38. The van der Waals surface area contributed by atoms with Gasteiger partial charge >= 0.3 is 11.9 Å². The lowest BCUT2D eigenvalue weighted by molar-refractivity contribution is -0.134. The van der Waals surface area contributed by atoms with Gasteiger partial charge < -0.3 is 24.6 Å². The summed E-state index contributed by atoms with van der Waals surface area (Å²) in [7, 11) is -2.05. The molecule has 2 heterocycles. The van der Waals surface area contributed by atoms with Gasteiger partial charge in [-0.1, -0.05) is 41.9 Å². The number of aliphatic carboxylic acids is 2. The van der Waals surface area contributed by atoms with E-state index in [1.807, 2.05) is 36.4 Å². The van der Waals surface area contributed by atoms with Crippen molar-refractivity contribution in [1.29, 1.82) is 0 Å². The summed E-state index contributed by atoms with van der Waals surface area (Å²) in [5.74, 6) is -1.37. The number of carboxylic acids is 2. The van der Waals surface area contributed by atoms with Crippen molar-refractivity contribution < 1.29 is 42.5 Å². The highest BCUT2D eigenvalue weighted by Crippen LogP contribution is 2.46. The second-order valence-electron chi connectivity index (χ2n) is 11.0. The number of rotatable bonds is 11. The first-order valence-electron chi connectivity index (χ1n) is 15.0. The maximum Gasteiger partial charge on any atom is 0.328 e. The first-order chi connectivity index (χ1) is 22.4. The molecule has 2 aliphatic heterocycles. The number of nitrogens with zero attached hydrogens (tertiary/aromatic N) is 2. The molecule has 1 unspecified atom stereocenters. The van der Waals surface area contributed by atoms with Gasteiger partial charge in [-0.05, 0) is 86.8 Å². The molecular weight excluding hydrogens is 648 g/mol. The molecule has 3 aromatic carbocycles. The molecule has 2 aliphatic rings.